The largest absolute Gasteiger partial charge is 0.356 e. The van der Waals surface area contributed by atoms with Crippen LogP contribution >= 0.6 is 11.8 Å². The van der Waals surface area contributed by atoms with E-state index >= 15 is 0 Å². The lowest BCUT2D eigenvalue weighted by Gasteiger charge is -2.34. The quantitative estimate of drug-likeness (QED) is 0.794. The molecule has 116 valence electrons. The number of amides is 1. The lowest BCUT2D eigenvalue weighted by Crippen LogP contribution is -2.42. The van der Waals surface area contributed by atoms with Crippen LogP contribution in [0.25, 0.3) is 0 Å². The molecule has 1 aromatic rings. The molecule has 1 aromatic carbocycles. The molecule has 1 aliphatic rings. The summed E-state index contributed by atoms with van der Waals surface area (Å²) in [5, 5.41) is 6.39. The summed E-state index contributed by atoms with van der Waals surface area (Å²) >= 11 is 1.58. The average Bonchev–Trinajstić information content (AvgIpc) is 2.48. The fourth-order valence-corrected chi connectivity index (χ4v) is 3.25. The van der Waals surface area contributed by atoms with Crippen LogP contribution in [-0.2, 0) is 4.79 Å². The van der Waals surface area contributed by atoms with Gasteiger partial charge in [-0.3, -0.25) is 4.79 Å². The van der Waals surface area contributed by atoms with E-state index in [-0.39, 0.29) is 17.1 Å². The molecular weight excluding hydrogens is 287 g/mol. The first-order valence-corrected chi connectivity index (χ1v) is 8.42. The molecule has 0 atom stereocenters. The van der Waals surface area contributed by atoms with Crippen molar-refractivity contribution in [3.63, 3.8) is 0 Å². The van der Waals surface area contributed by atoms with Gasteiger partial charge in [0.25, 0.3) is 0 Å². The van der Waals surface area contributed by atoms with E-state index in [0.717, 1.165) is 43.1 Å². The van der Waals surface area contributed by atoms with Gasteiger partial charge in [0.2, 0.25) is 5.91 Å². The van der Waals surface area contributed by atoms with Crippen LogP contribution < -0.4 is 10.6 Å². The van der Waals surface area contributed by atoms with Gasteiger partial charge in [0, 0.05) is 23.6 Å². The fourth-order valence-electron chi connectivity index (χ4n) is 2.40. The molecule has 0 saturated carbocycles. The smallest absolute Gasteiger partial charge is 0.220 e. The molecule has 1 amide bonds. The standard InChI is InChI=1S/C16H23FN2OS/c1-16(7-9-18-10-8-16)12-19-15(20)6-11-21-14-4-2-13(17)3-5-14/h2-5,18H,6-12H2,1H3,(H,19,20). The summed E-state index contributed by atoms with van der Waals surface area (Å²) in [6.45, 7) is 5.07. The molecule has 0 bridgehead atoms. The molecule has 1 aliphatic heterocycles. The van der Waals surface area contributed by atoms with E-state index in [1.807, 2.05) is 0 Å². The highest BCUT2D eigenvalue weighted by molar-refractivity contribution is 7.99. The van der Waals surface area contributed by atoms with Crippen LogP contribution in [0.3, 0.4) is 0 Å². The number of thioether (sulfide) groups is 1. The molecule has 0 aliphatic carbocycles. The fraction of sp³-hybridized carbons (Fsp3) is 0.562. The predicted molar refractivity (Wildman–Crippen MR) is 85.0 cm³/mol. The van der Waals surface area contributed by atoms with Crippen LogP contribution in [0.1, 0.15) is 26.2 Å². The lowest BCUT2D eigenvalue weighted by atomic mass is 9.81. The zero-order valence-electron chi connectivity index (χ0n) is 12.5. The van der Waals surface area contributed by atoms with Crippen molar-refractivity contribution in [1.82, 2.24) is 10.6 Å². The van der Waals surface area contributed by atoms with Gasteiger partial charge >= 0.3 is 0 Å². The van der Waals surface area contributed by atoms with E-state index in [4.69, 9.17) is 0 Å². The van der Waals surface area contributed by atoms with E-state index in [0.29, 0.717) is 6.42 Å². The molecule has 1 heterocycles. The maximum Gasteiger partial charge on any atom is 0.220 e. The minimum absolute atomic E-state index is 0.101. The zero-order valence-corrected chi connectivity index (χ0v) is 13.3. The molecule has 0 spiro atoms. The summed E-state index contributed by atoms with van der Waals surface area (Å²) < 4.78 is 12.8. The second kappa shape index (κ2) is 7.80. The molecule has 0 unspecified atom stereocenters. The minimum atomic E-state index is -0.229. The summed E-state index contributed by atoms with van der Waals surface area (Å²) in [5.41, 5.74) is 0.227. The Morgan fingerprint density at radius 2 is 2.00 bits per heavy atom. The highest BCUT2D eigenvalue weighted by Gasteiger charge is 2.26. The number of halogens is 1. The van der Waals surface area contributed by atoms with Crippen LogP contribution in [0, 0.1) is 11.2 Å². The van der Waals surface area contributed by atoms with Gasteiger partial charge in [0.05, 0.1) is 0 Å². The maximum absolute atomic E-state index is 12.8. The summed E-state index contributed by atoms with van der Waals surface area (Å²) in [4.78, 5) is 12.9. The van der Waals surface area contributed by atoms with Crippen molar-refractivity contribution in [3.8, 4) is 0 Å². The monoisotopic (exact) mass is 310 g/mol. The predicted octanol–water partition coefficient (Wildman–Crippen LogP) is 2.81. The van der Waals surface area contributed by atoms with Crippen molar-refractivity contribution in [3.05, 3.63) is 30.1 Å². The summed E-state index contributed by atoms with van der Waals surface area (Å²) in [6, 6.07) is 6.38. The van der Waals surface area contributed by atoms with Crippen LogP contribution in [0.15, 0.2) is 29.2 Å². The lowest BCUT2D eigenvalue weighted by molar-refractivity contribution is -0.121. The Bertz CT molecular complexity index is 458. The van der Waals surface area contributed by atoms with Crippen molar-refractivity contribution >= 4 is 17.7 Å². The van der Waals surface area contributed by atoms with Gasteiger partial charge in [-0.05, 0) is 55.6 Å². The normalized spacial score (nSPS) is 17.4. The minimum Gasteiger partial charge on any atom is -0.356 e. The number of piperidine rings is 1. The van der Waals surface area contributed by atoms with Crippen molar-refractivity contribution in [2.24, 2.45) is 5.41 Å². The van der Waals surface area contributed by atoms with Gasteiger partial charge in [-0.2, -0.15) is 0 Å². The van der Waals surface area contributed by atoms with Crippen LogP contribution in [0.5, 0.6) is 0 Å². The van der Waals surface area contributed by atoms with Gasteiger partial charge in [0.15, 0.2) is 0 Å². The Labute approximate surface area is 130 Å². The van der Waals surface area contributed by atoms with E-state index in [9.17, 15) is 9.18 Å². The van der Waals surface area contributed by atoms with Gasteiger partial charge in [-0.1, -0.05) is 6.92 Å². The Kier molecular flexibility index (Phi) is 6.06. The molecular formula is C16H23FN2OS. The Morgan fingerprint density at radius 3 is 2.67 bits per heavy atom. The number of rotatable bonds is 6. The third-order valence-corrected chi connectivity index (χ3v) is 4.95. The molecule has 3 nitrogen and oxygen atoms in total. The first-order valence-electron chi connectivity index (χ1n) is 7.43. The van der Waals surface area contributed by atoms with Crippen LogP contribution in [0.2, 0.25) is 0 Å². The highest BCUT2D eigenvalue weighted by Crippen LogP contribution is 2.26. The summed E-state index contributed by atoms with van der Waals surface area (Å²) in [5.74, 6) is 0.590. The van der Waals surface area contributed by atoms with E-state index in [1.54, 1.807) is 23.9 Å². The Hall–Kier alpha value is -1.07. The Balaban J connectivity index is 1.64. The number of nitrogens with one attached hydrogen (secondary N) is 2. The number of hydrogen-bond donors (Lipinski definition) is 2. The van der Waals surface area contributed by atoms with Crippen LogP contribution in [-0.4, -0.2) is 31.3 Å². The van der Waals surface area contributed by atoms with Crippen molar-refractivity contribution < 1.29 is 9.18 Å². The van der Waals surface area contributed by atoms with Crippen LogP contribution in [0.4, 0.5) is 4.39 Å². The third-order valence-electron chi connectivity index (χ3n) is 3.93. The Morgan fingerprint density at radius 1 is 1.33 bits per heavy atom. The molecule has 0 radical (unpaired) electrons. The first-order chi connectivity index (χ1) is 10.1. The first kappa shape index (κ1) is 16.3. The molecule has 2 rings (SSSR count). The molecule has 0 aromatic heterocycles. The SMILES string of the molecule is CC1(CNC(=O)CCSc2ccc(F)cc2)CCNCC1. The van der Waals surface area contributed by atoms with Gasteiger partial charge in [0.1, 0.15) is 5.82 Å². The van der Waals surface area contributed by atoms with Crippen molar-refractivity contribution in [2.45, 2.75) is 31.1 Å². The number of carbonyl (C=O) groups excluding carboxylic acids is 1. The number of benzene rings is 1. The van der Waals surface area contributed by atoms with Gasteiger partial charge in [-0.25, -0.2) is 4.39 Å². The van der Waals surface area contributed by atoms with E-state index in [2.05, 4.69) is 17.6 Å². The molecule has 21 heavy (non-hydrogen) atoms. The maximum atomic E-state index is 12.8. The number of carbonyl (C=O) groups is 1. The summed E-state index contributed by atoms with van der Waals surface area (Å²) in [7, 11) is 0. The summed E-state index contributed by atoms with van der Waals surface area (Å²) in [6.07, 6.45) is 2.71. The second-order valence-electron chi connectivity index (χ2n) is 5.89. The van der Waals surface area contributed by atoms with E-state index in [1.165, 1.54) is 12.1 Å². The van der Waals surface area contributed by atoms with Gasteiger partial charge < -0.3 is 10.6 Å². The molecule has 2 N–H and O–H groups in total. The molecule has 1 saturated heterocycles. The van der Waals surface area contributed by atoms with Crippen molar-refractivity contribution in [1.29, 1.82) is 0 Å². The number of hydrogen-bond acceptors (Lipinski definition) is 3. The second-order valence-corrected chi connectivity index (χ2v) is 7.06. The topological polar surface area (TPSA) is 41.1 Å². The third kappa shape index (κ3) is 5.67. The highest BCUT2D eigenvalue weighted by atomic mass is 32.2. The van der Waals surface area contributed by atoms with Gasteiger partial charge in [-0.15, -0.1) is 11.8 Å². The van der Waals surface area contributed by atoms with E-state index < -0.39 is 0 Å². The average molecular weight is 310 g/mol. The molecule has 1 fully saturated rings. The van der Waals surface area contributed by atoms with Crippen molar-refractivity contribution in [2.75, 3.05) is 25.4 Å². The zero-order chi connectivity index (χ0) is 15.1. The molecule has 5 heteroatoms.